The van der Waals surface area contributed by atoms with Crippen molar-refractivity contribution in [3.05, 3.63) is 34.9 Å². The number of rotatable bonds is 2. The van der Waals surface area contributed by atoms with Crippen LogP contribution in [0.3, 0.4) is 0 Å². The van der Waals surface area contributed by atoms with Crippen LogP contribution in [0.5, 0.6) is 0 Å². The van der Waals surface area contributed by atoms with Gasteiger partial charge in [0.15, 0.2) is 0 Å². The quantitative estimate of drug-likeness (QED) is 0.763. The van der Waals surface area contributed by atoms with Gasteiger partial charge in [0, 0.05) is 12.5 Å². The van der Waals surface area contributed by atoms with E-state index < -0.39 is 0 Å². The van der Waals surface area contributed by atoms with Gasteiger partial charge in [-0.1, -0.05) is 37.1 Å². The Balaban J connectivity index is 1.92. The molecule has 1 N–H and O–H groups in total. The topological polar surface area (TPSA) is 12.0 Å². The first-order chi connectivity index (χ1) is 8.40. The molecule has 2 aliphatic carbocycles. The molecule has 3 rings (SSSR count). The van der Waals surface area contributed by atoms with Crippen molar-refractivity contribution in [1.29, 1.82) is 0 Å². The maximum atomic E-state index is 3.49. The average molecular weight is 229 g/mol. The van der Waals surface area contributed by atoms with Gasteiger partial charge in [-0.15, -0.1) is 0 Å². The van der Waals surface area contributed by atoms with E-state index in [4.69, 9.17) is 0 Å². The fraction of sp³-hybridized carbons (Fsp3) is 0.625. The highest BCUT2D eigenvalue weighted by atomic mass is 14.8. The van der Waals surface area contributed by atoms with Crippen LogP contribution < -0.4 is 5.32 Å². The van der Waals surface area contributed by atoms with Gasteiger partial charge >= 0.3 is 0 Å². The van der Waals surface area contributed by atoms with E-state index >= 15 is 0 Å². The highest BCUT2D eigenvalue weighted by Gasteiger charge is 2.35. The minimum absolute atomic E-state index is 0.773. The smallest absolute Gasteiger partial charge is 0.0141 e. The standard InChI is InChI=1S/C16H23N/c1-2-3-13-6-7-14-5-4-12-8-10-17-11-9-15(12)16(13)14/h4-5,9,13,16-17H,2-3,6-8,10-11H2,1H3. The van der Waals surface area contributed by atoms with Crippen molar-refractivity contribution >= 4 is 0 Å². The van der Waals surface area contributed by atoms with E-state index in [-0.39, 0.29) is 0 Å². The van der Waals surface area contributed by atoms with Crippen molar-refractivity contribution < 1.29 is 0 Å². The summed E-state index contributed by atoms with van der Waals surface area (Å²) in [7, 11) is 0. The molecule has 0 amide bonds. The predicted molar refractivity (Wildman–Crippen MR) is 72.9 cm³/mol. The Labute approximate surface area is 105 Å². The summed E-state index contributed by atoms with van der Waals surface area (Å²) in [6.45, 7) is 4.53. The van der Waals surface area contributed by atoms with Crippen LogP contribution in [-0.2, 0) is 0 Å². The maximum Gasteiger partial charge on any atom is 0.0141 e. The summed E-state index contributed by atoms with van der Waals surface area (Å²) in [5, 5.41) is 3.49. The van der Waals surface area contributed by atoms with E-state index in [1.807, 2.05) is 0 Å². The Bertz CT molecular complexity index is 386. The Hall–Kier alpha value is -0.820. The lowest BCUT2D eigenvalue weighted by molar-refractivity contribution is 0.427. The Kier molecular flexibility index (Phi) is 3.19. The van der Waals surface area contributed by atoms with Gasteiger partial charge in [0.1, 0.15) is 0 Å². The highest BCUT2D eigenvalue weighted by Crippen LogP contribution is 2.48. The molecule has 1 fully saturated rings. The summed E-state index contributed by atoms with van der Waals surface area (Å²) >= 11 is 0. The molecule has 1 aliphatic heterocycles. The molecule has 1 heteroatoms. The van der Waals surface area contributed by atoms with Gasteiger partial charge < -0.3 is 5.32 Å². The average Bonchev–Trinajstić information content (AvgIpc) is 2.61. The lowest BCUT2D eigenvalue weighted by Gasteiger charge is -2.27. The molecule has 1 saturated carbocycles. The lowest BCUT2D eigenvalue weighted by atomic mass is 9.77. The first-order valence-corrected chi connectivity index (χ1v) is 7.21. The lowest BCUT2D eigenvalue weighted by Crippen LogP contribution is -2.16. The first-order valence-electron chi connectivity index (χ1n) is 7.21. The summed E-state index contributed by atoms with van der Waals surface area (Å²) in [5.74, 6) is 1.69. The largest absolute Gasteiger partial charge is 0.313 e. The van der Waals surface area contributed by atoms with Crippen molar-refractivity contribution in [3.63, 3.8) is 0 Å². The molecule has 2 atom stereocenters. The Morgan fingerprint density at radius 1 is 1.29 bits per heavy atom. The minimum atomic E-state index is 0.773. The summed E-state index contributed by atoms with van der Waals surface area (Å²) in [5.41, 5.74) is 4.98. The van der Waals surface area contributed by atoms with Gasteiger partial charge in [-0.2, -0.15) is 0 Å². The van der Waals surface area contributed by atoms with Gasteiger partial charge in [0.2, 0.25) is 0 Å². The van der Waals surface area contributed by atoms with Crippen LogP contribution in [-0.4, -0.2) is 13.1 Å². The van der Waals surface area contributed by atoms with Crippen molar-refractivity contribution in [2.45, 2.75) is 39.0 Å². The van der Waals surface area contributed by atoms with Crippen LogP contribution in [0.15, 0.2) is 34.9 Å². The Morgan fingerprint density at radius 2 is 2.24 bits per heavy atom. The third-order valence-electron chi connectivity index (χ3n) is 4.58. The zero-order valence-corrected chi connectivity index (χ0v) is 10.8. The van der Waals surface area contributed by atoms with E-state index in [9.17, 15) is 0 Å². The van der Waals surface area contributed by atoms with Crippen LogP contribution in [0.2, 0.25) is 0 Å². The van der Waals surface area contributed by atoms with Crippen LogP contribution >= 0.6 is 0 Å². The van der Waals surface area contributed by atoms with Gasteiger partial charge in [-0.3, -0.25) is 0 Å². The van der Waals surface area contributed by atoms with Crippen LogP contribution in [0, 0.1) is 11.8 Å². The van der Waals surface area contributed by atoms with Crippen molar-refractivity contribution in [2.24, 2.45) is 11.8 Å². The summed E-state index contributed by atoms with van der Waals surface area (Å²) in [6, 6.07) is 0. The second kappa shape index (κ2) is 4.81. The van der Waals surface area contributed by atoms with Crippen LogP contribution in [0.25, 0.3) is 0 Å². The number of allylic oxidation sites excluding steroid dienone is 4. The molecule has 0 aromatic heterocycles. The number of fused-ring (bicyclic) bond motifs is 3. The molecular formula is C16H23N. The molecule has 92 valence electrons. The SMILES string of the molecule is CCCC1CCC2=CC=C3CCNCC=C3C21. The molecule has 17 heavy (non-hydrogen) atoms. The molecule has 1 heterocycles. The first kappa shape index (κ1) is 11.3. The fourth-order valence-corrected chi connectivity index (χ4v) is 3.80. The van der Waals surface area contributed by atoms with E-state index in [1.54, 1.807) is 16.7 Å². The van der Waals surface area contributed by atoms with E-state index in [0.717, 1.165) is 24.9 Å². The third-order valence-corrected chi connectivity index (χ3v) is 4.58. The van der Waals surface area contributed by atoms with Gasteiger partial charge in [0.05, 0.1) is 0 Å². The van der Waals surface area contributed by atoms with Gasteiger partial charge in [-0.25, -0.2) is 0 Å². The molecule has 1 nitrogen and oxygen atoms in total. The molecule has 0 radical (unpaired) electrons. The maximum absolute atomic E-state index is 3.49. The molecule has 3 aliphatic rings. The third kappa shape index (κ3) is 2.01. The van der Waals surface area contributed by atoms with Gasteiger partial charge in [-0.05, 0) is 49.3 Å². The molecule has 0 spiro atoms. The number of nitrogens with one attached hydrogen (secondary N) is 1. The van der Waals surface area contributed by atoms with Gasteiger partial charge in [0.25, 0.3) is 0 Å². The molecule has 0 aromatic rings. The normalized spacial score (nSPS) is 31.9. The second-order valence-corrected chi connectivity index (χ2v) is 5.61. The van der Waals surface area contributed by atoms with Crippen molar-refractivity contribution in [3.8, 4) is 0 Å². The Morgan fingerprint density at radius 3 is 3.12 bits per heavy atom. The summed E-state index contributed by atoms with van der Waals surface area (Å²) in [6.07, 6.45) is 14.0. The number of hydrogen-bond acceptors (Lipinski definition) is 1. The predicted octanol–water partition coefficient (Wildman–Crippen LogP) is 3.60. The monoisotopic (exact) mass is 229 g/mol. The van der Waals surface area contributed by atoms with Crippen molar-refractivity contribution in [1.82, 2.24) is 5.32 Å². The summed E-state index contributed by atoms with van der Waals surface area (Å²) in [4.78, 5) is 0. The van der Waals surface area contributed by atoms with E-state index in [1.165, 1.54) is 32.1 Å². The molecule has 0 saturated heterocycles. The van der Waals surface area contributed by atoms with E-state index in [2.05, 4.69) is 30.5 Å². The molecule has 0 bridgehead atoms. The van der Waals surface area contributed by atoms with Crippen LogP contribution in [0.1, 0.15) is 39.0 Å². The van der Waals surface area contributed by atoms with Crippen LogP contribution in [0.4, 0.5) is 0 Å². The highest BCUT2D eigenvalue weighted by molar-refractivity contribution is 5.48. The molecular weight excluding hydrogens is 206 g/mol. The number of hydrogen-bond donors (Lipinski definition) is 1. The van der Waals surface area contributed by atoms with Crippen molar-refractivity contribution in [2.75, 3.05) is 13.1 Å². The summed E-state index contributed by atoms with van der Waals surface area (Å²) < 4.78 is 0. The minimum Gasteiger partial charge on any atom is -0.313 e. The molecule has 2 unspecified atom stereocenters. The zero-order valence-electron chi connectivity index (χ0n) is 10.8. The molecule has 0 aromatic carbocycles. The zero-order chi connectivity index (χ0) is 11.7. The van der Waals surface area contributed by atoms with E-state index in [0.29, 0.717) is 0 Å². The second-order valence-electron chi connectivity index (χ2n) is 5.61. The fourth-order valence-electron chi connectivity index (χ4n) is 3.80.